The number of para-hydroxylation sites is 1. The van der Waals surface area contributed by atoms with Gasteiger partial charge in [-0.2, -0.15) is 5.10 Å². The van der Waals surface area contributed by atoms with Crippen LogP contribution >= 0.6 is 0 Å². The fraction of sp³-hybridized carbons (Fsp3) is 0. The standard InChI is InChI=1S/C25H17N3O3/c29-24(21-14-16-8-4-5-11-18(16)19-12-6-7-13-20(19)21)26-23-15-22(25(30)31)27-28(23)17-9-2-1-3-10-17/h1-15H,(H,26,29)(H,30,31). The third-order valence-electron chi connectivity index (χ3n) is 5.18. The van der Waals surface area contributed by atoms with Crippen molar-refractivity contribution in [2.75, 3.05) is 5.32 Å². The molecule has 31 heavy (non-hydrogen) atoms. The zero-order valence-corrected chi connectivity index (χ0v) is 16.3. The van der Waals surface area contributed by atoms with E-state index in [-0.39, 0.29) is 17.4 Å². The molecular weight excluding hydrogens is 390 g/mol. The molecule has 6 nitrogen and oxygen atoms in total. The molecule has 0 unspecified atom stereocenters. The Hall–Kier alpha value is -4.45. The molecule has 5 aromatic rings. The monoisotopic (exact) mass is 407 g/mol. The molecule has 0 saturated carbocycles. The Morgan fingerprint density at radius 2 is 1.42 bits per heavy atom. The minimum atomic E-state index is -1.17. The lowest BCUT2D eigenvalue weighted by Crippen LogP contribution is -2.15. The maximum absolute atomic E-state index is 13.3. The lowest BCUT2D eigenvalue weighted by molar-refractivity contribution is 0.0689. The molecule has 4 aromatic carbocycles. The van der Waals surface area contributed by atoms with Crippen LogP contribution in [0.1, 0.15) is 20.8 Å². The predicted molar refractivity (Wildman–Crippen MR) is 120 cm³/mol. The van der Waals surface area contributed by atoms with E-state index in [0.717, 1.165) is 21.5 Å². The lowest BCUT2D eigenvalue weighted by Gasteiger charge is -2.12. The number of rotatable bonds is 4. The number of fused-ring (bicyclic) bond motifs is 3. The molecule has 0 aliphatic heterocycles. The van der Waals surface area contributed by atoms with E-state index < -0.39 is 5.97 Å². The number of aromatic carboxylic acids is 1. The number of hydrogen-bond acceptors (Lipinski definition) is 3. The number of anilines is 1. The number of nitrogens with one attached hydrogen (secondary N) is 1. The molecule has 0 fully saturated rings. The Morgan fingerprint density at radius 3 is 2.16 bits per heavy atom. The average molecular weight is 407 g/mol. The number of amides is 1. The fourth-order valence-electron chi connectivity index (χ4n) is 3.77. The third kappa shape index (κ3) is 3.30. The number of hydrogen-bond donors (Lipinski definition) is 2. The van der Waals surface area contributed by atoms with Gasteiger partial charge >= 0.3 is 5.97 Å². The van der Waals surface area contributed by atoms with Crippen molar-refractivity contribution in [2.24, 2.45) is 0 Å². The molecule has 0 bridgehead atoms. The van der Waals surface area contributed by atoms with Crippen LogP contribution < -0.4 is 5.32 Å². The van der Waals surface area contributed by atoms with Gasteiger partial charge in [-0.05, 0) is 39.7 Å². The molecule has 150 valence electrons. The second-order valence-electron chi connectivity index (χ2n) is 7.11. The van der Waals surface area contributed by atoms with Gasteiger partial charge in [0.05, 0.1) is 5.69 Å². The molecular formula is C25H17N3O3. The van der Waals surface area contributed by atoms with Crippen molar-refractivity contribution in [1.82, 2.24) is 9.78 Å². The largest absolute Gasteiger partial charge is 0.476 e. The van der Waals surface area contributed by atoms with Crippen LogP contribution in [0.5, 0.6) is 0 Å². The first-order valence-corrected chi connectivity index (χ1v) is 9.72. The highest BCUT2D eigenvalue weighted by Gasteiger charge is 2.19. The molecule has 0 atom stereocenters. The van der Waals surface area contributed by atoms with E-state index in [1.54, 1.807) is 12.1 Å². The maximum atomic E-state index is 13.3. The third-order valence-corrected chi connectivity index (χ3v) is 5.18. The molecule has 5 rings (SSSR count). The molecule has 0 saturated heterocycles. The van der Waals surface area contributed by atoms with Crippen LogP contribution in [-0.4, -0.2) is 26.8 Å². The van der Waals surface area contributed by atoms with Crippen LogP contribution in [-0.2, 0) is 0 Å². The summed E-state index contributed by atoms with van der Waals surface area (Å²) in [5.41, 5.74) is 1.00. The summed E-state index contributed by atoms with van der Waals surface area (Å²) in [6, 6.07) is 27.9. The topological polar surface area (TPSA) is 84.2 Å². The highest BCUT2D eigenvalue weighted by Crippen LogP contribution is 2.29. The van der Waals surface area contributed by atoms with Crippen molar-refractivity contribution in [1.29, 1.82) is 0 Å². The minimum absolute atomic E-state index is 0.150. The molecule has 1 heterocycles. The van der Waals surface area contributed by atoms with Crippen LogP contribution in [0.3, 0.4) is 0 Å². The van der Waals surface area contributed by atoms with Gasteiger partial charge < -0.3 is 10.4 Å². The number of benzene rings is 4. The maximum Gasteiger partial charge on any atom is 0.356 e. The van der Waals surface area contributed by atoms with E-state index in [0.29, 0.717) is 11.3 Å². The van der Waals surface area contributed by atoms with Crippen LogP contribution in [0.15, 0.2) is 91.0 Å². The first-order chi connectivity index (χ1) is 15.1. The Balaban J connectivity index is 1.63. The first-order valence-electron chi connectivity index (χ1n) is 9.72. The van der Waals surface area contributed by atoms with E-state index in [9.17, 15) is 14.7 Å². The second kappa shape index (κ2) is 7.42. The smallest absolute Gasteiger partial charge is 0.356 e. The number of carbonyl (C=O) groups excluding carboxylic acids is 1. The van der Waals surface area contributed by atoms with Gasteiger partial charge in [0.25, 0.3) is 5.91 Å². The summed E-state index contributed by atoms with van der Waals surface area (Å²) < 4.78 is 1.42. The van der Waals surface area contributed by atoms with Crippen molar-refractivity contribution in [3.63, 3.8) is 0 Å². The van der Waals surface area contributed by atoms with Crippen LogP contribution in [0.2, 0.25) is 0 Å². The van der Waals surface area contributed by atoms with Gasteiger partial charge in [-0.3, -0.25) is 4.79 Å². The van der Waals surface area contributed by atoms with E-state index >= 15 is 0 Å². The van der Waals surface area contributed by atoms with Crippen LogP contribution in [0.25, 0.3) is 27.2 Å². The summed E-state index contributed by atoms with van der Waals surface area (Å²) in [7, 11) is 0. The molecule has 0 spiro atoms. The zero-order chi connectivity index (χ0) is 21.4. The number of aromatic nitrogens is 2. The Morgan fingerprint density at radius 1 is 0.774 bits per heavy atom. The summed E-state index contributed by atoms with van der Waals surface area (Å²) in [5.74, 6) is -1.22. The van der Waals surface area contributed by atoms with Gasteiger partial charge in [0.1, 0.15) is 5.82 Å². The van der Waals surface area contributed by atoms with Gasteiger partial charge in [-0.25, -0.2) is 9.48 Å². The highest BCUT2D eigenvalue weighted by atomic mass is 16.4. The SMILES string of the molecule is O=C(O)c1cc(NC(=O)c2cc3ccccc3c3ccccc23)n(-c2ccccc2)n1. The number of carboxylic acid groups (broad SMARTS) is 1. The normalized spacial score (nSPS) is 11.0. The van der Waals surface area contributed by atoms with Gasteiger partial charge in [0.15, 0.2) is 5.69 Å². The second-order valence-corrected chi connectivity index (χ2v) is 7.11. The summed E-state index contributed by atoms with van der Waals surface area (Å²) in [6.07, 6.45) is 0. The lowest BCUT2D eigenvalue weighted by atomic mass is 9.97. The summed E-state index contributed by atoms with van der Waals surface area (Å²) in [4.78, 5) is 24.8. The van der Waals surface area contributed by atoms with Gasteiger partial charge in [-0.1, -0.05) is 66.7 Å². The molecule has 6 heteroatoms. The summed E-state index contributed by atoms with van der Waals surface area (Å²) in [5, 5.41) is 20.2. The Bertz CT molecular complexity index is 1460. The van der Waals surface area contributed by atoms with Crippen molar-refractivity contribution in [3.05, 3.63) is 102 Å². The van der Waals surface area contributed by atoms with Crippen molar-refractivity contribution in [2.45, 2.75) is 0 Å². The van der Waals surface area contributed by atoms with Crippen molar-refractivity contribution < 1.29 is 14.7 Å². The Kier molecular flexibility index (Phi) is 4.45. The quantitative estimate of drug-likeness (QED) is 0.405. The van der Waals surface area contributed by atoms with Gasteiger partial charge in [0, 0.05) is 11.6 Å². The van der Waals surface area contributed by atoms with Gasteiger partial charge in [0.2, 0.25) is 0 Å². The highest BCUT2D eigenvalue weighted by molar-refractivity contribution is 6.19. The first kappa shape index (κ1) is 18.6. The van der Waals surface area contributed by atoms with Gasteiger partial charge in [-0.15, -0.1) is 0 Å². The van der Waals surface area contributed by atoms with Crippen LogP contribution in [0, 0.1) is 0 Å². The van der Waals surface area contributed by atoms with Crippen molar-refractivity contribution >= 4 is 39.2 Å². The average Bonchev–Trinajstić information content (AvgIpc) is 3.23. The molecule has 2 N–H and O–H groups in total. The van der Waals surface area contributed by atoms with E-state index in [4.69, 9.17) is 0 Å². The molecule has 1 amide bonds. The van der Waals surface area contributed by atoms with E-state index in [2.05, 4.69) is 10.4 Å². The summed E-state index contributed by atoms with van der Waals surface area (Å²) in [6.45, 7) is 0. The summed E-state index contributed by atoms with van der Waals surface area (Å²) >= 11 is 0. The van der Waals surface area contributed by atoms with Crippen LogP contribution in [0.4, 0.5) is 5.82 Å². The van der Waals surface area contributed by atoms with E-state index in [1.165, 1.54) is 10.7 Å². The van der Waals surface area contributed by atoms with Crippen molar-refractivity contribution in [3.8, 4) is 5.69 Å². The number of carbonyl (C=O) groups is 2. The molecule has 0 radical (unpaired) electrons. The number of nitrogens with zero attached hydrogens (tertiary/aromatic N) is 2. The fourth-order valence-corrected chi connectivity index (χ4v) is 3.77. The predicted octanol–water partition coefficient (Wildman–Crippen LogP) is 5.13. The Labute approximate surface area is 177 Å². The molecule has 0 aliphatic carbocycles. The number of carboxylic acids is 1. The zero-order valence-electron chi connectivity index (χ0n) is 16.3. The molecule has 0 aliphatic rings. The van der Waals surface area contributed by atoms with E-state index in [1.807, 2.05) is 72.8 Å². The molecule has 1 aromatic heterocycles. The minimum Gasteiger partial charge on any atom is -0.476 e.